The molecule has 0 saturated carbocycles. The number of hydrogen-bond acceptors (Lipinski definition) is 6. The van der Waals surface area contributed by atoms with E-state index in [4.69, 9.17) is 8.37 Å². The first kappa shape index (κ1) is 18.8. The highest BCUT2D eigenvalue weighted by atomic mass is 32.2. The highest BCUT2D eigenvalue weighted by Crippen LogP contribution is 2.05. The molecule has 0 amide bonds. The van der Waals surface area contributed by atoms with Crippen LogP contribution in [0.5, 0.6) is 0 Å². The van der Waals surface area contributed by atoms with Crippen molar-refractivity contribution in [2.45, 2.75) is 34.1 Å². The van der Waals surface area contributed by atoms with Gasteiger partial charge in [0.25, 0.3) is 20.2 Å². The average molecular weight is 316 g/mol. The maximum Gasteiger partial charge on any atom is 0.267 e. The first-order valence-corrected chi connectivity index (χ1v) is 9.44. The second-order valence-corrected chi connectivity index (χ2v) is 8.75. The molecule has 19 heavy (non-hydrogen) atoms. The van der Waals surface area contributed by atoms with Gasteiger partial charge in [0.05, 0.1) is 24.7 Å². The highest BCUT2D eigenvalue weighted by molar-refractivity contribution is 7.87. The Morgan fingerprint density at radius 2 is 1.05 bits per heavy atom. The van der Waals surface area contributed by atoms with E-state index in [-0.39, 0.29) is 43.0 Å². The minimum absolute atomic E-state index is 0.0269. The van der Waals surface area contributed by atoms with Gasteiger partial charge in [0.2, 0.25) is 0 Å². The third-order valence-corrected chi connectivity index (χ3v) is 4.52. The van der Waals surface area contributed by atoms with E-state index in [1.54, 1.807) is 0 Å². The summed E-state index contributed by atoms with van der Waals surface area (Å²) in [5.41, 5.74) is 0. The van der Waals surface area contributed by atoms with Gasteiger partial charge in [-0.2, -0.15) is 16.8 Å². The number of rotatable bonds is 10. The summed E-state index contributed by atoms with van der Waals surface area (Å²) in [6.07, 6.45) is -0.0269. The van der Waals surface area contributed by atoms with Crippen molar-refractivity contribution in [1.29, 1.82) is 0 Å². The summed E-state index contributed by atoms with van der Waals surface area (Å²) in [7, 11) is -7.30. The van der Waals surface area contributed by atoms with E-state index in [0.717, 1.165) is 0 Å². The van der Waals surface area contributed by atoms with Crippen LogP contribution in [0.3, 0.4) is 0 Å². The standard InChI is InChI=1S/C11H24O6S2/c1-10(2)8-16-18(12,13)6-5-7-19(14,15)17-9-11(3)4/h10-11H,5-9H2,1-4H3. The van der Waals surface area contributed by atoms with E-state index in [1.807, 2.05) is 27.7 Å². The predicted molar refractivity (Wildman–Crippen MR) is 73.8 cm³/mol. The van der Waals surface area contributed by atoms with Gasteiger partial charge in [-0.1, -0.05) is 27.7 Å². The van der Waals surface area contributed by atoms with Gasteiger partial charge in [-0.3, -0.25) is 8.37 Å². The molecule has 0 aliphatic carbocycles. The molecular weight excluding hydrogens is 292 g/mol. The summed E-state index contributed by atoms with van der Waals surface area (Å²) in [6, 6.07) is 0. The zero-order valence-electron chi connectivity index (χ0n) is 12.0. The molecule has 0 aliphatic heterocycles. The minimum atomic E-state index is -3.65. The second kappa shape index (κ2) is 8.18. The molecule has 0 atom stereocenters. The Labute approximate surface area is 116 Å². The Morgan fingerprint density at radius 1 is 0.737 bits per heavy atom. The van der Waals surface area contributed by atoms with Crippen molar-refractivity contribution in [3.8, 4) is 0 Å². The molecule has 0 aromatic rings. The van der Waals surface area contributed by atoms with Gasteiger partial charge in [0.1, 0.15) is 0 Å². The Bertz CT molecular complexity index is 394. The summed E-state index contributed by atoms with van der Waals surface area (Å²) in [6.45, 7) is 7.55. The lowest BCUT2D eigenvalue weighted by molar-refractivity contribution is 0.273. The fourth-order valence-corrected chi connectivity index (χ4v) is 3.38. The Balaban J connectivity index is 4.07. The van der Waals surface area contributed by atoms with Crippen LogP contribution in [0.1, 0.15) is 34.1 Å². The highest BCUT2D eigenvalue weighted by Gasteiger charge is 2.17. The zero-order chi connectivity index (χ0) is 15.1. The summed E-state index contributed by atoms with van der Waals surface area (Å²) in [5.74, 6) is -0.422. The average Bonchev–Trinajstić information content (AvgIpc) is 2.23. The van der Waals surface area contributed by atoms with Gasteiger partial charge in [-0.25, -0.2) is 0 Å². The maximum atomic E-state index is 11.4. The lowest BCUT2D eigenvalue weighted by atomic mass is 10.2. The largest absolute Gasteiger partial charge is 0.270 e. The number of hydrogen-bond donors (Lipinski definition) is 0. The molecule has 116 valence electrons. The van der Waals surface area contributed by atoms with Crippen LogP contribution in [0.15, 0.2) is 0 Å². The van der Waals surface area contributed by atoms with Gasteiger partial charge in [-0.05, 0) is 18.3 Å². The molecule has 0 aliphatic rings. The van der Waals surface area contributed by atoms with Crippen LogP contribution in [0.4, 0.5) is 0 Å². The smallest absolute Gasteiger partial charge is 0.267 e. The van der Waals surface area contributed by atoms with Crippen molar-refractivity contribution >= 4 is 20.2 Å². The first-order chi connectivity index (χ1) is 8.54. The van der Waals surface area contributed by atoms with Crippen LogP contribution in [-0.4, -0.2) is 41.6 Å². The maximum absolute atomic E-state index is 11.4. The van der Waals surface area contributed by atoms with Gasteiger partial charge >= 0.3 is 0 Å². The van der Waals surface area contributed by atoms with E-state index in [2.05, 4.69) is 0 Å². The topological polar surface area (TPSA) is 86.7 Å². The van der Waals surface area contributed by atoms with Gasteiger partial charge in [-0.15, -0.1) is 0 Å². The van der Waals surface area contributed by atoms with Gasteiger partial charge in [0.15, 0.2) is 0 Å². The third-order valence-electron chi connectivity index (χ3n) is 1.95. The monoisotopic (exact) mass is 316 g/mol. The molecule has 0 saturated heterocycles. The van der Waals surface area contributed by atoms with Crippen molar-refractivity contribution < 1.29 is 25.2 Å². The molecule has 0 unspecified atom stereocenters. The fourth-order valence-electron chi connectivity index (χ4n) is 1.01. The molecule has 0 rings (SSSR count). The lowest BCUT2D eigenvalue weighted by Crippen LogP contribution is -2.19. The first-order valence-electron chi connectivity index (χ1n) is 6.28. The van der Waals surface area contributed by atoms with Crippen molar-refractivity contribution in [1.82, 2.24) is 0 Å². The van der Waals surface area contributed by atoms with Crippen molar-refractivity contribution in [2.75, 3.05) is 24.7 Å². The third kappa shape index (κ3) is 11.4. The van der Waals surface area contributed by atoms with Gasteiger partial charge < -0.3 is 0 Å². The molecule has 0 bridgehead atoms. The quantitative estimate of drug-likeness (QED) is 0.566. The zero-order valence-corrected chi connectivity index (χ0v) is 13.6. The summed E-state index contributed by atoms with van der Waals surface area (Å²) in [4.78, 5) is 0. The predicted octanol–water partition coefficient (Wildman–Crippen LogP) is 1.38. The summed E-state index contributed by atoms with van der Waals surface area (Å²) >= 11 is 0. The molecule has 0 aromatic heterocycles. The Morgan fingerprint density at radius 3 is 1.32 bits per heavy atom. The van der Waals surface area contributed by atoms with E-state index in [9.17, 15) is 16.8 Å². The second-order valence-electron chi connectivity index (χ2n) is 5.23. The molecular formula is C11H24O6S2. The molecule has 0 radical (unpaired) electrons. The lowest BCUT2D eigenvalue weighted by Gasteiger charge is -2.09. The van der Waals surface area contributed by atoms with Crippen molar-refractivity contribution in [2.24, 2.45) is 11.8 Å². The molecule has 6 nitrogen and oxygen atoms in total. The van der Waals surface area contributed by atoms with Crippen LogP contribution < -0.4 is 0 Å². The minimum Gasteiger partial charge on any atom is -0.270 e. The molecule has 0 N–H and O–H groups in total. The van der Waals surface area contributed by atoms with Crippen LogP contribution in [0.2, 0.25) is 0 Å². The van der Waals surface area contributed by atoms with Crippen LogP contribution in [0, 0.1) is 11.8 Å². The van der Waals surface area contributed by atoms with E-state index in [1.165, 1.54) is 0 Å². The SMILES string of the molecule is CC(C)COS(=O)(=O)CCCS(=O)(=O)OCC(C)C. The molecule has 0 spiro atoms. The molecule has 0 aromatic carbocycles. The Kier molecular flexibility index (Phi) is 8.11. The van der Waals surface area contributed by atoms with Crippen LogP contribution in [-0.2, 0) is 28.6 Å². The molecule has 0 heterocycles. The Hall–Kier alpha value is -0.180. The summed E-state index contributed by atoms with van der Waals surface area (Å²) in [5, 5.41) is 0. The normalized spacial score (nSPS) is 13.4. The van der Waals surface area contributed by atoms with Gasteiger partial charge in [0, 0.05) is 0 Å². The molecule has 0 fully saturated rings. The van der Waals surface area contributed by atoms with E-state index >= 15 is 0 Å². The van der Waals surface area contributed by atoms with Crippen molar-refractivity contribution in [3.63, 3.8) is 0 Å². The van der Waals surface area contributed by atoms with E-state index < -0.39 is 20.2 Å². The molecule has 8 heteroatoms. The fraction of sp³-hybridized carbons (Fsp3) is 1.00. The van der Waals surface area contributed by atoms with Crippen LogP contribution >= 0.6 is 0 Å². The van der Waals surface area contributed by atoms with E-state index in [0.29, 0.717) is 0 Å². The van der Waals surface area contributed by atoms with Crippen molar-refractivity contribution in [3.05, 3.63) is 0 Å². The summed E-state index contributed by atoms with van der Waals surface area (Å²) < 4.78 is 55.2. The van der Waals surface area contributed by atoms with Crippen LogP contribution in [0.25, 0.3) is 0 Å².